The molecule has 0 amide bonds. The normalized spacial score (nSPS) is 11.9. The predicted molar refractivity (Wildman–Crippen MR) is 78.0 cm³/mol. The van der Waals surface area contributed by atoms with Crippen LogP contribution < -0.4 is 10.0 Å². The van der Waals surface area contributed by atoms with E-state index >= 15 is 0 Å². The third-order valence-electron chi connectivity index (χ3n) is 2.36. The molecule has 0 bridgehead atoms. The fourth-order valence-electron chi connectivity index (χ4n) is 1.50. The number of aryl methyl sites for hydroxylation is 1. The number of nitrogens with one attached hydrogen (secondary N) is 2. The summed E-state index contributed by atoms with van der Waals surface area (Å²) >= 11 is 2.77. The number of hydrogen-bond acceptors (Lipinski definition) is 6. The summed E-state index contributed by atoms with van der Waals surface area (Å²) in [5.41, 5.74) is 0. The summed E-state index contributed by atoms with van der Waals surface area (Å²) in [5, 5.41) is 3.93. The van der Waals surface area contributed by atoms with E-state index in [4.69, 9.17) is 0 Å². The van der Waals surface area contributed by atoms with E-state index in [1.54, 1.807) is 12.3 Å². The predicted octanol–water partition coefficient (Wildman–Crippen LogP) is 1.71. The summed E-state index contributed by atoms with van der Waals surface area (Å²) in [6, 6.07) is 3.46. The molecule has 0 radical (unpaired) electrons. The minimum Gasteiger partial charge on any atom is -0.315 e. The molecule has 0 aliphatic carbocycles. The maximum Gasteiger partial charge on any atom is 0.250 e. The first-order valence-corrected chi connectivity index (χ1v) is 8.77. The second-order valence-electron chi connectivity index (χ2n) is 3.92. The summed E-state index contributed by atoms with van der Waals surface area (Å²) < 4.78 is 27.1. The molecule has 0 aliphatic heterocycles. The summed E-state index contributed by atoms with van der Waals surface area (Å²) in [5.74, 6) is 0. The van der Waals surface area contributed by atoms with E-state index in [0.717, 1.165) is 14.8 Å². The van der Waals surface area contributed by atoms with Crippen LogP contribution in [0.15, 0.2) is 22.5 Å². The largest absolute Gasteiger partial charge is 0.315 e. The van der Waals surface area contributed by atoms with Crippen molar-refractivity contribution in [3.05, 3.63) is 33.1 Å². The molecule has 2 rings (SSSR count). The Morgan fingerprint density at radius 1 is 1.21 bits per heavy atom. The summed E-state index contributed by atoms with van der Waals surface area (Å²) in [6.45, 7) is 2.85. The minimum atomic E-state index is -3.43. The van der Waals surface area contributed by atoms with Crippen molar-refractivity contribution in [2.75, 3.05) is 7.05 Å². The molecular formula is C11H15N3O2S3. The zero-order chi connectivity index (χ0) is 13.9. The lowest BCUT2D eigenvalue weighted by Gasteiger charge is -2.02. The molecule has 19 heavy (non-hydrogen) atoms. The van der Waals surface area contributed by atoms with Crippen molar-refractivity contribution in [1.82, 2.24) is 15.0 Å². The minimum absolute atomic E-state index is 0.285. The highest BCUT2D eigenvalue weighted by atomic mass is 32.2. The standard InChI is InChI=1S/C11H15N3O2S3/c1-8-13-6-10(17-8)7-14-19(15,16)11-4-3-9(18-11)5-12-2/h3-4,6,12,14H,5,7H2,1-2H3. The third kappa shape index (κ3) is 3.83. The molecule has 0 atom stereocenters. The van der Waals surface area contributed by atoms with Gasteiger partial charge in [-0.1, -0.05) is 0 Å². The third-order valence-corrected chi connectivity index (χ3v) is 6.25. The van der Waals surface area contributed by atoms with E-state index in [0.29, 0.717) is 10.8 Å². The van der Waals surface area contributed by atoms with Gasteiger partial charge in [-0.15, -0.1) is 22.7 Å². The average molecular weight is 317 g/mol. The Kier molecular flexibility index (Phi) is 4.69. The Balaban J connectivity index is 2.04. The molecule has 0 aromatic carbocycles. The molecule has 0 spiro atoms. The molecule has 5 nitrogen and oxygen atoms in total. The van der Waals surface area contributed by atoms with Gasteiger partial charge in [-0.2, -0.15) is 0 Å². The van der Waals surface area contributed by atoms with Crippen molar-refractivity contribution < 1.29 is 8.42 Å². The molecule has 0 saturated heterocycles. The van der Waals surface area contributed by atoms with Gasteiger partial charge < -0.3 is 5.32 Å². The van der Waals surface area contributed by atoms with Crippen LogP contribution in [0.4, 0.5) is 0 Å². The van der Waals surface area contributed by atoms with E-state index in [1.807, 2.05) is 20.0 Å². The van der Waals surface area contributed by atoms with Gasteiger partial charge in [-0.3, -0.25) is 0 Å². The van der Waals surface area contributed by atoms with Crippen molar-refractivity contribution in [1.29, 1.82) is 0 Å². The lowest BCUT2D eigenvalue weighted by molar-refractivity contribution is 0.584. The number of nitrogens with zero attached hydrogens (tertiary/aromatic N) is 1. The first-order chi connectivity index (χ1) is 9.01. The zero-order valence-corrected chi connectivity index (χ0v) is 13.1. The fraction of sp³-hybridized carbons (Fsp3) is 0.364. The highest BCUT2D eigenvalue weighted by Gasteiger charge is 2.16. The van der Waals surface area contributed by atoms with Crippen LogP contribution in [0, 0.1) is 6.92 Å². The van der Waals surface area contributed by atoms with Crippen LogP contribution in [-0.2, 0) is 23.1 Å². The SMILES string of the molecule is CNCc1ccc(S(=O)(=O)NCc2cnc(C)s2)s1. The second kappa shape index (κ2) is 6.10. The monoisotopic (exact) mass is 317 g/mol. The Labute approximate surface area is 120 Å². The van der Waals surface area contributed by atoms with Crippen molar-refractivity contribution in [3.63, 3.8) is 0 Å². The Morgan fingerprint density at radius 3 is 2.63 bits per heavy atom. The number of thiophene rings is 1. The maximum absolute atomic E-state index is 12.1. The van der Waals surface area contributed by atoms with Gasteiger partial charge in [0.15, 0.2) is 0 Å². The first kappa shape index (κ1) is 14.6. The number of rotatable bonds is 6. The van der Waals surface area contributed by atoms with Gasteiger partial charge in [0, 0.05) is 29.0 Å². The Morgan fingerprint density at radius 2 is 2.00 bits per heavy atom. The Bertz CT molecular complexity index is 646. The fourth-order valence-corrected chi connectivity index (χ4v) is 4.74. The zero-order valence-electron chi connectivity index (χ0n) is 10.6. The van der Waals surface area contributed by atoms with Gasteiger partial charge in [0.05, 0.1) is 5.01 Å². The van der Waals surface area contributed by atoms with Gasteiger partial charge in [-0.05, 0) is 26.1 Å². The van der Waals surface area contributed by atoms with E-state index < -0.39 is 10.0 Å². The molecule has 0 fully saturated rings. The lowest BCUT2D eigenvalue weighted by Crippen LogP contribution is -2.21. The average Bonchev–Trinajstić information content (AvgIpc) is 2.97. The van der Waals surface area contributed by atoms with Crippen LogP contribution in [0.5, 0.6) is 0 Å². The highest BCUT2D eigenvalue weighted by molar-refractivity contribution is 7.91. The topological polar surface area (TPSA) is 71.1 Å². The number of sulfonamides is 1. The summed E-state index contributed by atoms with van der Waals surface area (Å²) in [7, 11) is -1.60. The Hall–Kier alpha value is -0.800. The number of aromatic nitrogens is 1. The van der Waals surface area contributed by atoms with Crippen molar-refractivity contribution in [2.45, 2.75) is 24.2 Å². The van der Waals surface area contributed by atoms with Crippen LogP contribution in [0.3, 0.4) is 0 Å². The molecule has 0 aliphatic rings. The van der Waals surface area contributed by atoms with E-state index in [2.05, 4.69) is 15.0 Å². The molecule has 0 saturated carbocycles. The molecule has 0 unspecified atom stereocenters. The van der Waals surface area contributed by atoms with Crippen LogP contribution >= 0.6 is 22.7 Å². The summed E-state index contributed by atoms with van der Waals surface area (Å²) in [4.78, 5) is 6.00. The van der Waals surface area contributed by atoms with Gasteiger partial charge in [0.2, 0.25) is 10.0 Å². The van der Waals surface area contributed by atoms with E-state index in [9.17, 15) is 8.42 Å². The lowest BCUT2D eigenvalue weighted by atomic mass is 10.5. The molecule has 2 N–H and O–H groups in total. The van der Waals surface area contributed by atoms with Gasteiger partial charge >= 0.3 is 0 Å². The maximum atomic E-state index is 12.1. The van der Waals surface area contributed by atoms with Gasteiger partial charge in [-0.25, -0.2) is 18.1 Å². The molecule has 2 aromatic rings. The van der Waals surface area contributed by atoms with Crippen LogP contribution in [0.2, 0.25) is 0 Å². The first-order valence-electron chi connectivity index (χ1n) is 5.65. The molecule has 2 heterocycles. The van der Waals surface area contributed by atoms with Crippen molar-refractivity contribution >= 4 is 32.7 Å². The van der Waals surface area contributed by atoms with E-state index in [-0.39, 0.29) is 6.54 Å². The smallest absolute Gasteiger partial charge is 0.250 e. The number of thiazole rings is 1. The summed E-state index contributed by atoms with van der Waals surface area (Å²) in [6.07, 6.45) is 1.70. The molecular weight excluding hydrogens is 302 g/mol. The van der Waals surface area contributed by atoms with Gasteiger partial charge in [0.1, 0.15) is 4.21 Å². The van der Waals surface area contributed by atoms with E-state index in [1.165, 1.54) is 22.7 Å². The van der Waals surface area contributed by atoms with Crippen LogP contribution in [0.1, 0.15) is 14.8 Å². The second-order valence-corrected chi connectivity index (χ2v) is 8.40. The van der Waals surface area contributed by atoms with Crippen molar-refractivity contribution in [2.24, 2.45) is 0 Å². The van der Waals surface area contributed by atoms with Gasteiger partial charge in [0.25, 0.3) is 0 Å². The number of hydrogen-bond donors (Lipinski definition) is 2. The van der Waals surface area contributed by atoms with Crippen LogP contribution in [-0.4, -0.2) is 20.4 Å². The molecule has 2 aromatic heterocycles. The molecule has 104 valence electrons. The van der Waals surface area contributed by atoms with Crippen molar-refractivity contribution in [3.8, 4) is 0 Å². The molecule has 8 heteroatoms. The highest BCUT2D eigenvalue weighted by Crippen LogP contribution is 2.22. The van der Waals surface area contributed by atoms with Crippen LogP contribution in [0.25, 0.3) is 0 Å². The quantitative estimate of drug-likeness (QED) is 0.851.